The van der Waals surface area contributed by atoms with Crippen LogP contribution in [0.5, 0.6) is 5.75 Å². The lowest BCUT2D eigenvalue weighted by Crippen LogP contribution is -2.43. The molecule has 1 aliphatic rings. The molecule has 5 nitrogen and oxygen atoms in total. The third-order valence-corrected chi connectivity index (χ3v) is 5.18. The molecule has 33 heavy (non-hydrogen) atoms. The lowest BCUT2D eigenvalue weighted by atomic mass is 9.95. The highest BCUT2D eigenvalue weighted by Crippen LogP contribution is 2.37. The number of piperidine rings is 1. The van der Waals surface area contributed by atoms with Crippen LogP contribution in [0.15, 0.2) is 48.5 Å². The van der Waals surface area contributed by atoms with Crippen molar-refractivity contribution < 1.29 is 40.7 Å². The molecular formula is C22H20F6N2O3. The minimum atomic E-state index is -5.01. The van der Waals surface area contributed by atoms with Crippen molar-refractivity contribution in [1.82, 2.24) is 4.90 Å². The fourth-order valence-corrected chi connectivity index (χ4v) is 3.42. The molecule has 0 unspecified atom stereocenters. The van der Waals surface area contributed by atoms with E-state index in [1.807, 2.05) is 0 Å². The number of rotatable bonds is 5. The first-order chi connectivity index (χ1) is 15.4. The second-order valence-corrected chi connectivity index (χ2v) is 7.54. The third kappa shape index (κ3) is 6.62. The largest absolute Gasteiger partial charge is 0.484 e. The van der Waals surface area contributed by atoms with Crippen molar-refractivity contribution in [2.45, 2.75) is 25.2 Å². The highest BCUT2D eigenvalue weighted by atomic mass is 19.4. The summed E-state index contributed by atoms with van der Waals surface area (Å²) in [7, 11) is 0. The first kappa shape index (κ1) is 24.4. The maximum Gasteiger partial charge on any atom is 0.416 e. The lowest BCUT2D eigenvalue weighted by Gasteiger charge is -2.31. The summed E-state index contributed by atoms with van der Waals surface area (Å²) >= 11 is 0. The summed E-state index contributed by atoms with van der Waals surface area (Å²) in [5.41, 5.74) is -3.60. The van der Waals surface area contributed by atoms with E-state index in [1.165, 1.54) is 4.90 Å². The molecule has 2 aromatic rings. The Morgan fingerprint density at radius 2 is 1.45 bits per heavy atom. The Balaban J connectivity index is 1.58. The van der Waals surface area contributed by atoms with Crippen LogP contribution in [0.2, 0.25) is 0 Å². The number of hydrogen-bond donors (Lipinski definition) is 1. The predicted molar refractivity (Wildman–Crippen MR) is 106 cm³/mol. The molecule has 1 fully saturated rings. The fraction of sp³-hybridized carbons (Fsp3) is 0.364. The lowest BCUT2D eigenvalue weighted by molar-refractivity contribution is -0.143. The van der Waals surface area contributed by atoms with Gasteiger partial charge >= 0.3 is 12.4 Å². The zero-order chi connectivity index (χ0) is 24.2. The van der Waals surface area contributed by atoms with Crippen LogP contribution in [-0.4, -0.2) is 36.4 Å². The molecule has 0 bridgehead atoms. The zero-order valence-corrected chi connectivity index (χ0v) is 17.2. The van der Waals surface area contributed by atoms with Crippen LogP contribution in [0.1, 0.15) is 24.0 Å². The molecule has 2 amide bonds. The first-order valence-electron chi connectivity index (χ1n) is 9.99. The summed E-state index contributed by atoms with van der Waals surface area (Å²) in [6.45, 7) is 0.238. The van der Waals surface area contributed by atoms with Gasteiger partial charge in [0.2, 0.25) is 5.91 Å². The first-order valence-corrected chi connectivity index (χ1v) is 9.99. The topological polar surface area (TPSA) is 58.6 Å². The van der Waals surface area contributed by atoms with E-state index in [4.69, 9.17) is 4.74 Å². The Hall–Kier alpha value is -3.24. The van der Waals surface area contributed by atoms with Gasteiger partial charge in [-0.2, -0.15) is 26.3 Å². The second-order valence-electron chi connectivity index (χ2n) is 7.54. The number of carbonyl (C=O) groups is 2. The van der Waals surface area contributed by atoms with Crippen molar-refractivity contribution in [3.05, 3.63) is 59.7 Å². The van der Waals surface area contributed by atoms with Crippen molar-refractivity contribution in [1.29, 1.82) is 0 Å². The van der Waals surface area contributed by atoms with Gasteiger partial charge in [0, 0.05) is 24.7 Å². The van der Waals surface area contributed by atoms with E-state index in [0.29, 0.717) is 17.9 Å². The van der Waals surface area contributed by atoms with Crippen molar-refractivity contribution in [2.24, 2.45) is 5.92 Å². The van der Waals surface area contributed by atoms with Crippen molar-refractivity contribution >= 4 is 17.5 Å². The van der Waals surface area contributed by atoms with Crippen LogP contribution in [0.25, 0.3) is 0 Å². The summed E-state index contributed by atoms with van der Waals surface area (Å²) in [6, 6.07) is 9.63. The predicted octanol–water partition coefficient (Wildman–Crippen LogP) is 4.98. The molecular weight excluding hydrogens is 454 g/mol. The summed E-state index contributed by atoms with van der Waals surface area (Å²) in [4.78, 5) is 26.3. The molecule has 0 radical (unpaired) electrons. The molecule has 0 aromatic heterocycles. The fourth-order valence-electron chi connectivity index (χ4n) is 3.42. The molecule has 1 heterocycles. The van der Waals surface area contributed by atoms with Gasteiger partial charge in [-0.25, -0.2) is 0 Å². The summed E-state index contributed by atoms with van der Waals surface area (Å²) in [5.74, 6) is -1.12. The molecule has 1 N–H and O–H groups in total. The Labute approximate surface area is 185 Å². The Kier molecular flexibility index (Phi) is 7.19. The maximum absolute atomic E-state index is 13.0. The quantitative estimate of drug-likeness (QED) is 0.622. The molecule has 3 rings (SSSR count). The van der Waals surface area contributed by atoms with Gasteiger partial charge in [-0.3, -0.25) is 9.59 Å². The molecule has 0 aliphatic carbocycles. The Bertz CT molecular complexity index is 952. The van der Waals surface area contributed by atoms with Crippen LogP contribution in [0.4, 0.5) is 32.0 Å². The number of hydrogen-bond acceptors (Lipinski definition) is 3. The van der Waals surface area contributed by atoms with Crippen molar-refractivity contribution in [3.8, 4) is 5.75 Å². The van der Waals surface area contributed by atoms with Crippen LogP contribution < -0.4 is 10.1 Å². The maximum atomic E-state index is 13.0. The van der Waals surface area contributed by atoms with Gasteiger partial charge in [0.25, 0.3) is 5.91 Å². The molecule has 0 atom stereocenters. The number of anilines is 1. The minimum Gasteiger partial charge on any atom is -0.484 e. The van der Waals surface area contributed by atoms with E-state index in [-0.39, 0.29) is 44.5 Å². The molecule has 1 aliphatic heterocycles. The summed E-state index contributed by atoms with van der Waals surface area (Å²) in [6.07, 6.45) is -9.58. The molecule has 11 heteroatoms. The number of nitrogens with one attached hydrogen (secondary N) is 1. The molecule has 0 spiro atoms. The molecule has 1 saturated heterocycles. The minimum absolute atomic E-state index is 0.00271. The number of alkyl halides is 6. The van der Waals surface area contributed by atoms with Gasteiger partial charge in [0.1, 0.15) is 5.75 Å². The average molecular weight is 474 g/mol. The monoisotopic (exact) mass is 474 g/mol. The van der Waals surface area contributed by atoms with Crippen LogP contribution in [-0.2, 0) is 21.9 Å². The van der Waals surface area contributed by atoms with E-state index in [1.54, 1.807) is 30.3 Å². The Morgan fingerprint density at radius 3 is 1.97 bits per heavy atom. The van der Waals surface area contributed by atoms with E-state index in [0.717, 1.165) is 0 Å². The van der Waals surface area contributed by atoms with Crippen LogP contribution >= 0.6 is 0 Å². The smallest absolute Gasteiger partial charge is 0.416 e. The Morgan fingerprint density at radius 1 is 0.909 bits per heavy atom. The number of carbonyl (C=O) groups excluding carboxylic acids is 2. The number of halogens is 6. The number of benzene rings is 2. The van der Waals surface area contributed by atoms with Gasteiger partial charge < -0.3 is 15.0 Å². The second kappa shape index (κ2) is 9.72. The van der Waals surface area contributed by atoms with E-state index < -0.39 is 41.0 Å². The highest BCUT2D eigenvalue weighted by Gasteiger charge is 2.37. The molecule has 178 valence electrons. The normalized spacial score (nSPS) is 15.3. The summed E-state index contributed by atoms with van der Waals surface area (Å²) in [5, 5.41) is 2.16. The third-order valence-electron chi connectivity index (χ3n) is 5.18. The number of para-hydroxylation sites is 1. The van der Waals surface area contributed by atoms with Gasteiger partial charge in [-0.1, -0.05) is 18.2 Å². The SMILES string of the molecule is O=C(Nc1cc(C(F)(F)F)cc(C(F)(F)F)c1)C1CCN(C(=O)COc2ccccc2)CC1. The van der Waals surface area contributed by atoms with Crippen molar-refractivity contribution in [3.63, 3.8) is 0 Å². The summed E-state index contributed by atoms with van der Waals surface area (Å²) < 4.78 is 83.3. The average Bonchev–Trinajstić information content (AvgIpc) is 2.77. The standard InChI is InChI=1S/C22H20F6N2O3/c23-21(24,25)15-10-16(22(26,27)28)12-17(11-15)29-20(32)14-6-8-30(9-7-14)19(31)13-33-18-4-2-1-3-5-18/h1-5,10-12,14H,6-9,13H2,(H,29,32). The van der Waals surface area contributed by atoms with E-state index in [2.05, 4.69) is 5.32 Å². The van der Waals surface area contributed by atoms with Gasteiger partial charge in [-0.05, 0) is 43.2 Å². The molecule has 2 aromatic carbocycles. The van der Waals surface area contributed by atoms with Crippen LogP contribution in [0.3, 0.4) is 0 Å². The van der Waals surface area contributed by atoms with E-state index >= 15 is 0 Å². The van der Waals surface area contributed by atoms with Gasteiger partial charge in [-0.15, -0.1) is 0 Å². The highest BCUT2D eigenvalue weighted by molar-refractivity contribution is 5.93. The zero-order valence-electron chi connectivity index (χ0n) is 17.2. The number of likely N-dealkylation sites (tertiary alicyclic amines) is 1. The van der Waals surface area contributed by atoms with Gasteiger partial charge in [0.15, 0.2) is 6.61 Å². The molecule has 0 saturated carbocycles. The number of nitrogens with zero attached hydrogens (tertiary/aromatic N) is 1. The van der Waals surface area contributed by atoms with Crippen LogP contribution in [0, 0.1) is 5.92 Å². The van der Waals surface area contributed by atoms with E-state index in [9.17, 15) is 35.9 Å². The van der Waals surface area contributed by atoms with Gasteiger partial charge in [0.05, 0.1) is 11.1 Å². The number of amides is 2. The van der Waals surface area contributed by atoms with Crippen molar-refractivity contribution in [2.75, 3.05) is 25.0 Å². The number of ether oxygens (including phenoxy) is 1.